The highest BCUT2D eigenvalue weighted by atomic mass is 32.2. The summed E-state index contributed by atoms with van der Waals surface area (Å²) in [5.41, 5.74) is 9.32. The number of sulfonamides is 1. The number of hydrogen-bond acceptors (Lipinski definition) is 4. The lowest BCUT2D eigenvalue weighted by molar-refractivity contribution is 0.402. The Hall–Kier alpha value is -2.05. The van der Waals surface area contributed by atoms with Crippen molar-refractivity contribution in [1.29, 1.82) is 0 Å². The van der Waals surface area contributed by atoms with E-state index in [0.29, 0.717) is 11.4 Å². The molecule has 3 N–H and O–H groups in total. The molecule has 2 aromatic carbocycles. The zero-order valence-electron chi connectivity index (χ0n) is 14.6. The Morgan fingerprint density at radius 3 is 2.56 bits per heavy atom. The smallest absolute Gasteiger partial charge is 0.244 e. The Labute approximate surface area is 149 Å². The van der Waals surface area contributed by atoms with Gasteiger partial charge in [0, 0.05) is 11.7 Å². The van der Waals surface area contributed by atoms with Gasteiger partial charge in [-0.05, 0) is 54.7 Å². The first kappa shape index (κ1) is 17.8. The second-order valence-corrected chi connectivity index (χ2v) is 8.17. The molecule has 0 amide bonds. The molecule has 1 aliphatic carbocycles. The van der Waals surface area contributed by atoms with Crippen LogP contribution in [0.3, 0.4) is 0 Å². The van der Waals surface area contributed by atoms with E-state index in [4.69, 9.17) is 10.5 Å². The molecule has 25 heavy (non-hydrogen) atoms. The molecular weight excluding hydrogens is 336 g/mol. The van der Waals surface area contributed by atoms with Crippen LogP contribution in [0.1, 0.15) is 31.2 Å². The Morgan fingerprint density at radius 2 is 1.88 bits per heavy atom. The van der Waals surface area contributed by atoms with Gasteiger partial charge in [-0.15, -0.1) is 0 Å². The largest absolute Gasteiger partial charge is 0.495 e. The lowest BCUT2D eigenvalue weighted by Gasteiger charge is -2.16. The Morgan fingerprint density at radius 1 is 1.16 bits per heavy atom. The summed E-state index contributed by atoms with van der Waals surface area (Å²) < 4.78 is 33.9. The highest BCUT2D eigenvalue weighted by Gasteiger charge is 2.26. The molecule has 1 fully saturated rings. The third-order valence-corrected chi connectivity index (χ3v) is 6.36. The maximum absolute atomic E-state index is 12.9. The molecule has 5 nitrogen and oxygen atoms in total. The molecule has 6 heteroatoms. The topological polar surface area (TPSA) is 81.4 Å². The minimum atomic E-state index is -3.65. The fraction of sp³-hybridized carbons (Fsp3) is 0.368. The van der Waals surface area contributed by atoms with E-state index in [1.165, 1.54) is 7.11 Å². The van der Waals surface area contributed by atoms with Gasteiger partial charge in [0.05, 0.1) is 7.11 Å². The summed E-state index contributed by atoms with van der Waals surface area (Å²) in [7, 11) is -2.16. The van der Waals surface area contributed by atoms with E-state index in [-0.39, 0.29) is 10.9 Å². The standard InChI is InChI=1S/C19H24N2O3S/c1-13-16(8-5-9-17(13)20)14-10-11-18(24-2)19(12-14)25(22,23)21-15-6-3-4-7-15/h5,8-12,15,21H,3-4,6-7,20H2,1-2H3. The summed E-state index contributed by atoms with van der Waals surface area (Å²) in [5.74, 6) is 0.343. The molecule has 0 unspecified atom stereocenters. The van der Waals surface area contributed by atoms with Gasteiger partial charge in [0.25, 0.3) is 0 Å². The molecule has 3 rings (SSSR count). The molecule has 0 radical (unpaired) electrons. The van der Waals surface area contributed by atoms with Gasteiger partial charge in [0.15, 0.2) is 0 Å². The molecule has 0 heterocycles. The number of rotatable bonds is 5. The highest BCUT2D eigenvalue weighted by molar-refractivity contribution is 7.89. The second kappa shape index (κ2) is 7.06. The van der Waals surface area contributed by atoms with Gasteiger partial charge in [-0.3, -0.25) is 0 Å². The molecule has 0 aromatic heterocycles. The minimum absolute atomic E-state index is 0.00691. The highest BCUT2D eigenvalue weighted by Crippen LogP contribution is 2.33. The third-order valence-electron chi connectivity index (χ3n) is 4.82. The summed E-state index contributed by atoms with van der Waals surface area (Å²) >= 11 is 0. The number of methoxy groups -OCH3 is 1. The number of benzene rings is 2. The maximum atomic E-state index is 12.9. The number of ether oxygens (including phenoxy) is 1. The second-order valence-electron chi connectivity index (χ2n) is 6.49. The summed E-state index contributed by atoms with van der Waals surface area (Å²) in [4.78, 5) is 0.168. The lowest BCUT2D eigenvalue weighted by atomic mass is 9.99. The van der Waals surface area contributed by atoms with Crippen molar-refractivity contribution in [3.63, 3.8) is 0 Å². The zero-order chi connectivity index (χ0) is 18.0. The van der Waals surface area contributed by atoms with Crippen LogP contribution in [0.25, 0.3) is 11.1 Å². The van der Waals surface area contributed by atoms with E-state index >= 15 is 0 Å². The quantitative estimate of drug-likeness (QED) is 0.800. The summed E-state index contributed by atoms with van der Waals surface area (Å²) in [6.45, 7) is 1.93. The lowest BCUT2D eigenvalue weighted by Crippen LogP contribution is -2.32. The van der Waals surface area contributed by atoms with Crippen molar-refractivity contribution in [3.05, 3.63) is 42.0 Å². The van der Waals surface area contributed by atoms with Crippen LogP contribution >= 0.6 is 0 Å². The molecule has 0 spiro atoms. The normalized spacial score (nSPS) is 15.4. The van der Waals surface area contributed by atoms with Crippen molar-refractivity contribution >= 4 is 15.7 Å². The van der Waals surface area contributed by atoms with Crippen molar-refractivity contribution in [2.24, 2.45) is 0 Å². The number of nitrogen functional groups attached to an aromatic ring is 1. The van der Waals surface area contributed by atoms with Crippen molar-refractivity contribution in [1.82, 2.24) is 4.72 Å². The van der Waals surface area contributed by atoms with Gasteiger partial charge in [0.1, 0.15) is 10.6 Å². The van der Waals surface area contributed by atoms with Crippen LogP contribution in [0.4, 0.5) is 5.69 Å². The van der Waals surface area contributed by atoms with E-state index in [1.54, 1.807) is 12.1 Å². The van der Waals surface area contributed by atoms with Crippen LogP contribution in [0.5, 0.6) is 5.75 Å². The zero-order valence-corrected chi connectivity index (χ0v) is 15.4. The van der Waals surface area contributed by atoms with Gasteiger partial charge in [-0.2, -0.15) is 0 Å². The van der Waals surface area contributed by atoms with Crippen LogP contribution < -0.4 is 15.2 Å². The Bertz CT molecular complexity index is 872. The number of anilines is 1. The van der Waals surface area contributed by atoms with Gasteiger partial charge in [-0.25, -0.2) is 13.1 Å². The summed E-state index contributed by atoms with van der Waals surface area (Å²) in [6.07, 6.45) is 3.89. The average Bonchev–Trinajstić information content (AvgIpc) is 3.09. The molecular formula is C19H24N2O3S. The fourth-order valence-corrected chi connectivity index (χ4v) is 4.85. The molecule has 134 valence electrons. The van der Waals surface area contributed by atoms with Crippen LogP contribution in [-0.4, -0.2) is 21.6 Å². The third kappa shape index (κ3) is 3.65. The molecule has 1 saturated carbocycles. The SMILES string of the molecule is COc1ccc(-c2cccc(N)c2C)cc1S(=O)(=O)NC1CCCC1. The van der Waals surface area contributed by atoms with Gasteiger partial charge in [0.2, 0.25) is 10.0 Å². The Balaban J connectivity index is 2.04. The monoisotopic (exact) mass is 360 g/mol. The summed E-state index contributed by atoms with van der Waals surface area (Å²) in [6, 6.07) is 10.9. The first-order chi connectivity index (χ1) is 11.9. The molecule has 1 aliphatic rings. The molecule has 2 aromatic rings. The van der Waals surface area contributed by atoms with Gasteiger partial charge < -0.3 is 10.5 Å². The fourth-order valence-electron chi connectivity index (χ4n) is 3.35. The molecule has 0 aliphatic heterocycles. The molecule has 0 bridgehead atoms. The molecule has 0 atom stereocenters. The molecule has 0 saturated heterocycles. The average molecular weight is 360 g/mol. The van der Waals surface area contributed by atoms with E-state index in [9.17, 15) is 8.42 Å². The van der Waals surface area contributed by atoms with Crippen molar-refractivity contribution < 1.29 is 13.2 Å². The predicted octanol–water partition coefficient (Wildman–Crippen LogP) is 3.47. The van der Waals surface area contributed by atoms with Gasteiger partial charge >= 0.3 is 0 Å². The van der Waals surface area contributed by atoms with E-state index < -0.39 is 10.0 Å². The van der Waals surface area contributed by atoms with Gasteiger partial charge in [-0.1, -0.05) is 31.0 Å². The van der Waals surface area contributed by atoms with E-state index in [1.807, 2.05) is 31.2 Å². The number of hydrogen-bond donors (Lipinski definition) is 2. The first-order valence-electron chi connectivity index (χ1n) is 8.48. The van der Waals surface area contributed by atoms with Crippen molar-refractivity contribution in [2.75, 3.05) is 12.8 Å². The first-order valence-corrected chi connectivity index (χ1v) is 9.96. The number of nitrogens with two attached hydrogens (primary N) is 1. The maximum Gasteiger partial charge on any atom is 0.244 e. The number of nitrogens with one attached hydrogen (secondary N) is 1. The van der Waals surface area contributed by atoms with E-state index in [2.05, 4.69) is 4.72 Å². The van der Waals surface area contributed by atoms with Crippen LogP contribution in [0.15, 0.2) is 41.3 Å². The van der Waals surface area contributed by atoms with Crippen molar-refractivity contribution in [2.45, 2.75) is 43.5 Å². The summed E-state index contributed by atoms with van der Waals surface area (Å²) in [5, 5.41) is 0. The van der Waals surface area contributed by atoms with E-state index in [0.717, 1.165) is 42.4 Å². The van der Waals surface area contributed by atoms with Crippen LogP contribution in [0.2, 0.25) is 0 Å². The predicted molar refractivity (Wildman–Crippen MR) is 100 cm³/mol. The Kier molecular flexibility index (Phi) is 5.01. The van der Waals surface area contributed by atoms with Crippen molar-refractivity contribution in [3.8, 4) is 16.9 Å². The van der Waals surface area contributed by atoms with Crippen LogP contribution in [-0.2, 0) is 10.0 Å². The minimum Gasteiger partial charge on any atom is -0.495 e. The van der Waals surface area contributed by atoms with Crippen LogP contribution in [0, 0.1) is 6.92 Å².